The summed E-state index contributed by atoms with van der Waals surface area (Å²) in [6.45, 7) is 6.41. The second kappa shape index (κ2) is 43.5. The van der Waals surface area contributed by atoms with Crippen molar-refractivity contribution in [3.63, 3.8) is 0 Å². The summed E-state index contributed by atoms with van der Waals surface area (Å²) in [6, 6.07) is -0.701. The number of aliphatic hydroxyl groups is 2. The topological polar surface area (TPSA) is 95.9 Å². The predicted molar refractivity (Wildman–Crippen MR) is 236 cm³/mol. The lowest BCUT2D eigenvalue weighted by Gasteiger charge is -2.24. The normalized spacial score (nSPS) is 13.5. The van der Waals surface area contributed by atoms with Gasteiger partial charge in [-0.2, -0.15) is 0 Å². The quantitative estimate of drug-likeness (QED) is 0.0326. The van der Waals surface area contributed by atoms with Crippen LogP contribution in [0.1, 0.15) is 252 Å². The van der Waals surface area contributed by atoms with Gasteiger partial charge in [0.05, 0.1) is 25.2 Å². The maximum atomic E-state index is 13.1. The van der Waals surface area contributed by atoms with Gasteiger partial charge in [-0.1, -0.05) is 193 Å². The number of rotatable bonds is 43. The van der Waals surface area contributed by atoms with Crippen LogP contribution in [0.2, 0.25) is 0 Å². The van der Waals surface area contributed by atoms with Crippen molar-refractivity contribution in [3.8, 4) is 0 Å². The molecule has 0 saturated carbocycles. The van der Waals surface area contributed by atoms with Crippen molar-refractivity contribution >= 4 is 11.9 Å². The second-order valence-corrected chi connectivity index (χ2v) is 16.5. The van der Waals surface area contributed by atoms with Crippen molar-refractivity contribution < 1.29 is 24.5 Å². The Balaban J connectivity index is 4.45. The van der Waals surface area contributed by atoms with Gasteiger partial charge in [-0.05, 0) is 70.6 Å². The first-order valence-electron chi connectivity index (χ1n) is 24.1. The first-order valence-corrected chi connectivity index (χ1v) is 24.1. The molecule has 0 rings (SSSR count). The number of carbonyl (C=O) groups excluding carboxylic acids is 2. The fraction of sp³-hybridized carbons (Fsp3) is 0.878. The summed E-state index contributed by atoms with van der Waals surface area (Å²) in [6.07, 6.45) is 48.2. The van der Waals surface area contributed by atoms with Crippen molar-refractivity contribution in [2.45, 2.75) is 270 Å². The smallest absolute Gasteiger partial charge is 0.306 e. The maximum absolute atomic E-state index is 13.1. The van der Waals surface area contributed by atoms with E-state index < -0.39 is 18.2 Å². The van der Waals surface area contributed by atoms with E-state index in [1.165, 1.54) is 128 Å². The Bertz CT molecular complexity index is 873. The summed E-state index contributed by atoms with van der Waals surface area (Å²) in [7, 11) is 0. The Labute approximate surface area is 341 Å². The Hall–Kier alpha value is -1.66. The van der Waals surface area contributed by atoms with E-state index in [0.717, 1.165) is 77.0 Å². The molecule has 0 bridgehead atoms. The van der Waals surface area contributed by atoms with Crippen molar-refractivity contribution in [3.05, 3.63) is 24.3 Å². The lowest BCUT2D eigenvalue weighted by molar-refractivity contribution is -0.151. The molecule has 0 aromatic carbocycles. The third-order valence-corrected chi connectivity index (χ3v) is 11.0. The SMILES string of the molecule is CCCC/C=C\CCCCCC(CC(=O)NC(CO)C(O)CCCCCCCCCCC)OC(=O)CCCCCCC/C=C/CCCCCCCCCCC. The standard InChI is InChI=1S/C49H93NO5/c1-4-7-10-13-16-19-20-21-22-23-24-25-26-27-30-33-36-39-42-49(54)55-45(40-37-34-31-28-17-14-11-8-5-2)43-48(53)50-46(44-51)47(52)41-38-35-32-29-18-15-12-9-6-3/h14,17,24-25,45-47,51-52H,4-13,15-16,18-23,26-44H2,1-3H3,(H,50,53)/b17-14-,25-24+. The molecule has 0 aliphatic carbocycles. The number of hydrogen-bond acceptors (Lipinski definition) is 5. The van der Waals surface area contributed by atoms with E-state index in [2.05, 4.69) is 50.4 Å². The highest BCUT2D eigenvalue weighted by molar-refractivity contribution is 5.77. The molecular formula is C49H93NO5. The molecule has 0 aromatic rings. The molecule has 1 amide bonds. The van der Waals surface area contributed by atoms with Gasteiger partial charge < -0.3 is 20.3 Å². The zero-order valence-electron chi connectivity index (χ0n) is 36.8. The molecule has 0 heterocycles. The van der Waals surface area contributed by atoms with E-state index in [9.17, 15) is 19.8 Å². The zero-order chi connectivity index (χ0) is 40.3. The van der Waals surface area contributed by atoms with Gasteiger partial charge in [0.15, 0.2) is 0 Å². The molecule has 3 atom stereocenters. The van der Waals surface area contributed by atoms with Crippen molar-refractivity contribution in [2.75, 3.05) is 6.61 Å². The summed E-state index contributed by atoms with van der Waals surface area (Å²) in [5, 5.41) is 23.6. The van der Waals surface area contributed by atoms with E-state index >= 15 is 0 Å². The van der Waals surface area contributed by atoms with Crippen LogP contribution in [0.4, 0.5) is 0 Å². The number of carbonyl (C=O) groups is 2. The Morgan fingerprint density at radius 2 is 0.891 bits per heavy atom. The van der Waals surface area contributed by atoms with Gasteiger partial charge >= 0.3 is 5.97 Å². The summed E-state index contributed by atoms with van der Waals surface area (Å²) >= 11 is 0. The molecule has 0 aliphatic heterocycles. The fourth-order valence-corrected chi connectivity index (χ4v) is 7.29. The van der Waals surface area contributed by atoms with Crippen LogP contribution < -0.4 is 5.32 Å². The van der Waals surface area contributed by atoms with Crippen molar-refractivity contribution in [1.29, 1.82) is 0 Å². The van der Waals surface area contributed by atoms with E-state index in [0.29, 0.717) is 19.3 Å². The monoisotopic (exact) mass is 776 g/mol. The van der Waals surface area contributed by atoms with Gasteiger partial charge in [0, 0.05) is 6.42 Å². The zero-order valence-corrected chi connectivity index (χ0v) is 36.8. The fourth-order valence-electron chi connectivity index (χ4n) is 7.29. The van der Waals surface area contributed by atoms with Crippen LogP contribution in [-0.2, 0) is 14.3 Å². The Morgan fingerprint density at radius 1 is 0.509 bits per heavy atom. The maximum Gasteiger partial charge on any atom is 0.306 e. The highest BCUT2D eigenvalue weighted by atomic mass is 16.5. The average molecular weight is 776 g/mol. The number of allylic oxidation sites excluding steroid dienone is 4. The lowest BCUT2D eigenvalue weighted by Crippen LogP contribution is -2.46. The largest absolute Gasteiger partial charge is 0.462 e. The molecule has 324 valence electrons. The molecule has 3 unspecified atom stereocenters. The molecule has 0 aromatic heterocycles. The molecule has 55 heavy (non-hydrogen) atoms. The van der Waals surface area contributed by atoms with Gasteiger partial charge in [0.2, 0.25) is 5.91 Å². The summed E-state index contributed by atoms with van der Waals surface area (Å²) in [5.41, 5.74) is 0. The highest BCUT2D eigenvalue weighted by Crippen LogP contribution is 2.17. The van der Waals surface area contributed by atoms with E-state index in [1.54, 1.807) is 0 Å². The van der Waals surface area contributed by atoms with Gasteiger partial charge in [0.25, 0.3) is 0 Å². The molecule has 0 radical (unpaired) electrons. The predicted octanol–water partition coefficient (Wildman–Crippen LogP) is 14.0. The second-order valence-electron chi connectivity index (χ2n) is 16.5. The first kappa shape index (κ1) is 53.3. The van der Waals surface area contributed by atoms with E-state index in [4.69, 9.17) is 4.74 Å². The summed E-state index contributed by atoms with van der Waals surface area (Å²) in [5.74, 6) is -0.496. The van der Waals surface area contributed by atoms with Crippen LogP contribution in [0.5, 0.6) is 0 Å². The van der Waals surface area contributed by atoms with Gasteiger partial charge in [-0.15, -0.1) is 0 Å². The number of ether oxygens (including phenoxy) is 1. The van der Waals surface area contributed by atoms with Crippen LogP contribution in [0.25, 0.3) is 0 Å². The first-order chi connectivity index (χ1) is 27.0. The van der Waals surface area contributed by atoms with Crippen molar-refractivity contribution in [2.24, 2.45) is 0 Å². The summed E-state index contributed by atoms with van der Waals surface area (Å²) < 4.78 is 5.89. The molecule has 3 N–H and O–H groups in total. The van der Waals surface area contributed by atoms with Gasteiger partial charge in [-0.3, -0.25) is 9.59 Å². The highest BCUT2D eigenvalue weighted by Gasteiger charge is 2.24. The Morgan fingerprint density at radius 3 is 1.36 bits per heavy atom. The van der Waals surface area contributed by atoms with E-state index in [1.807, 2.05) is 0 Å². The van der Waals surface area contributed by atoms with Crippen molar-refractivity contribution in [1.82, 2.24) is 5.32 Å². The van der Waals surface area contributed by atoms with Crippen LogP contribution in [0, 0.1) is 0 Å². The number of nitrogens with one attached hydrogen (secondary N) is 1. The van der Waals surface area contributed by atoms with Crippen LogP contribution >= 0.6 is 0 Å². The molecule has 6 heteroatoms. The lowest BCUT2D eigenvalue weighted by atomic mass is 10.0. The molecule has 0 spiro atoms. The minimum Gasteiger partial charge on any atom is -0.462 e. The summed E-state index contributed by atoms with van der Waals surface area (Å²) in [4.78, 5) is 25.9. The van der Waals surface area contributed by atoms with E-state index in [-0.39, 0.29) is 24.9 Å². The molecule has 0 saturated heterocycles. The molecule has 6 nitrogen and oxygen atoms in total. The number of unbranched alkanes of at least 4 members (excludes halogenated alkanes) is 27. The number of hydrogen-bond donors (Lipinski definition) is 3. The van der Waals surface area contributed by atoms with Crippen LogP contribution in [0.3, 0.4) is 0 Å². The Kier molecular flexibility index (Phi) is 42.2. The van der Waals surface area contributed by atoms with Crippen LogP contribution in [-0.4, -0.2) is 46.9 Å². The third-order valence-electron chi connectivity index (χ3n) is 11.0. The van der Waals surface area contributed by atoms with Gasteiger partial charge in [0.1, 0.15) is 6.10 Å². The third kappa shape index (κ3) is 39.0. The van der Waals surface area contributed by atoms with Crippen LogP contribution in [0.15, 0.2) is 24.3 Å². The minimum atomic E-state index is -0.787. The molecule has 0 aliphatic rings. The van der Waals surface area contributed by atoms with Gasteiger partial charge in [-0.25, -0.2) is 0 Å². The minimum absolute atomic E-state index is 0.0660. The number of esters is 1. The average Bonchev–Trinajstić information content (AvgIpc) is 3.18. The number of aliphatic hydroxyl groups excluding tert-OH is 2. The number of amides is 1. The molecular weight excluding hydrogens is 683 g/mol. The molecule has 0 fully saturated rings.